The number of Topliss-reactive ketones (excluding diaryl/α,β-unsaturated/α-hetero) is 1. The van der Waals surface area contributed by atoms with Crippen LogP contribution in [0.15, 0.2) is 6.07 Å². The van der Waals surface area contributed by atoms with E-state index in [1.165, 1.54) is 0 Å². The van der Waals surface area contributed by atoms with Gasteiger partial charge in [0.2, 0.25) is 0 Å². The smallest absolute Gasteiger partial charge is 0.170 e. The number of aromatic hydroxyl groups is 3. The van der Waals surface area contributed by atoms with Gasteiger partial charge < -0.3 is 15.3 Å². The summed E-state index contributed by atoms with van der Waals surface area (Å²) in [7, 11) is 0. The van der Waals surface area contributed by atoms with E-state index in [2.05, 4.69) is 0 Å². The van der Waals surface area contributed by atoms with E-state index in [1.807, 2.05) is 20.8 Å². The highest BCUT2D eigenvalue weighted by molar-refractivity contribution is 6.01. The molecular weight excluding hydrogens is 256 g/mol. The molecule has 0 heterocycles. The molecule has 1 rings (SSSR count). The molecule has 0 saturated carbocycles. The number of hydrogen-bond acceptors (Lipinski definition) is 4. The largest absolute Gasteiger partial charge is 0.507 e. The van der Waals surface area contributed by atoms with Gasteiger partial charge in [0, 0.05) is 18.1 Å². The van der Waals surface area contributed by atoms with E-state index in [-0.39, 0.29) is 35.0 Å². The highest BCUT2D eigenvalue weighted by Crippen LogP contribution is 2.39. The van der Waals surface area contributed by atoms with Crippen LogP contribution in [0.2, 0.25) is 0 Å². The monoisotopic (exact) mass is 280 g/mol. The Morgan fingerprint density at radius 1 is 1.20 bits per heavy atom. The van der Waals surface area contributed by atoms with Crippen molar-refractivity contribution in [3.05, 3.63) is 17.2 Å². The Balaban J connectivity index is 3.11. The maximum Gasteiger partial charge on any atom is 0.170 e. The summed E-state index contributed by atoms with van der Waals surface area (Å²) in [5, 5.41) is 29.8. The third-order valence-corrected chi connectivity index (χ3v) is 3.37. The minimum Gasteiger partial charge on any atom is -0.507 e. The molecule has 0 aromatic heterocycles. The molecule has 20 heavy (non-hydrogen) atoms. The third kappa shape index (κ3) is 3.89. The van der Waals surface area contributed by atoms with Gasteiger partial charge in [-0.05, 0) is 25.2 Å². The zero-order valence-corrected chi connectivity index (χ0v) is 12.4. The molecule has 0 aliphatic heterocycles. The first-order valence-corrected chi connectivity index (χ1v) is 7.18. The summed E-state index contributed by atoms with van der Waals surface area (Å²) < 4.78 is 0. The molecule has 112 valence electrons. The average Bonchev–Trinajstić information content (AvgIpc) is 2.35. The molecule has 3 N–H and O–H groups in total. The van der Waals surface area contributed by atoms with Crippen LogP contribution in [0.5, 0.6) is 17.2 Å². The molecule has 0 bridgehead atoms. The van der Waals surface area contributed by atoms with Gasteiger partial charge in [0.1, 0.15) is 22.8 Å². The van der Waals surface area contributed by atoms with Crippen LogP contribution in [0.1, 0.15) is 62.4 Å². The predicted octanol–water partition coefficient (Wildman–Crippen LogP) is 3.76. The van der Waals surface area contributed by atoms with Crippen molar-refractivity contribution in [1.82, 2.24) is 0 Å². The minimum atomic E-state index is -0.352. The van der Waals surface area contributed by atoms with E-state index in [1.54, 1.807) is 0 Å². The first kappa shape index (κ1) is 16.3. The van der Waals surface area contributed by atoms with Crippen molar-refractivity contribution in [3.8, 4) is 17.2 Å². The van der Waals surface area contributed by atoms with E-state index in [0.717, 1.165) is 18.9 Å². The Kier molecular flexibility index (Phi) is 5.86. The zero-order chi connectivity index (χ0) is 15.3. The summed E-state index contributed by atoms with van der Waals surface area (Å²) in [6, 6.07) is 1.15. The van der Waals surface area contributed by atoms with Gasteiger partial charge in [-0.25, -0.2) is 0 Å². The predicted molar refractivity (Wildman–Crippen MR) is 78.5 cm³/mol. The number of ketones is 1. The van der Waals surface area contributed by atoms with E-state index in [9.17, 15) is 20.1 Å². The summed E-state index contributed by atoms with van der Waals surface area (Å²) in [5.41, 5.74) is 0.284. The summed E-state index contributed by atoms with van der Waals surface area (Å²) in [6.45, 7) is 6.06. The molecule has 0 atom stereocenters. The number of benzene rings is 1. The Hall–Kier alpha value is -1.71. The fourth-order valence-electron chi connectivity index (χ4n) is 2.10. The molecule has 1 aromatic carbocycles. The lowest BCUT2D eigenvalue weighted by Gasteiger charge is -2.14. The van der Waals surface area contributed by atoms with Crippen LogP contribution >= 0.6 is 0 Å². The second-order valence-corrected chi connectivity index (χ2v) is 5.58. The van der Waals surface area contributed by atoms with Crippen molar-refractivity contribution in [2.24, 2.45) is 5.92 Å². The van der Waals surface area contributed by atoms with Crippen molar-refractivity contribution in [1.29, 1.82) is 0 Å². The standard InChI is InChI=1S/C16H24O4/c1-4-5-6-12(17)15-14(19)9-13(18)11(16(15)20)8-7-10(2)3/h9-10,18-20H,4-8H2,1-3H3. The van der Waals surface area contributed by atoms with Crippen LogP contribution in [0, 0.1) is 5.92 Å². The number of carbonyl (C=O) groups excluding carboxylic acids is 1. The lowest BCUT2D eigenvalue weighted by Crippen LogP contribution is -2.03. The Labute approximate surface area is 120 Å². The van der Waals surface area contributed by atoms with Crippen LogP contribution in [-0.4, -0.2) is 21.1 Å². The first-order chi connectivity index (χ1) is 9.38. The summed E-state index contributed by atoms with van der Waals surface area (Å²) in [4.78, 5) is 12.0. The molecule has 0 amide bonds. The van der Waals surface area contributed by atoms with E-state index in [0.29, 0.717) is 24.3 Å². The number of phenols is 3. The molecule has 0 unspecified atom stereocenters. The Morgan fingerprint density at radius 2 is 1.85 bits per heavy atom. The van der Waals surface area contributed by atoms with Gasteiger partial charge in [-0.2, -0.15) is 0 Å². The molecular formula is C16H24O4. The molecule has 4 nitrogen and oxygen atoms in total. The van der Waals surface area contributed by atoms with Crippen molar-refractivity contribution < 1.29 is 20.1 Å². The maximum absolute atomic E-state index is 12.0. The zero-order valence-electron chi connectivity index (χ0n) is 12.4. The molecule has 0 spiro atoms. The van der Waals surface area contributed by atoms with E-state index in [4.69, 9.17) is 0 Å². The topological polar surface area (TPSA) is 77.8 Å². The van der Waals surface area contributed by atoms with Crippen molar-refractivity contribution in [3.63, 3.8) is 0 Å². The first-order valence-electron chi connectivity index (χ1n) is 7.18. The fourth-order valence-corrected chi connectivity index (χ4v) is 2.10. The van der Waals surface area contributed by atoms with Gasteiger partial charge in [0.25, 0.3) is 0 Å². The Morgan fingerprint density at radius 3 is 2.40 bits per heavy atom. The van der Waals surface area contributed by atoms with Crippen LogP contribution in [0.3, 0.4) is 0 Å². The van der Waals surface area contributed by atoms with Gasteiger partial charge in [-0.15, -0.1) is 0 Å². The number of phenolic OH excluding ortho intramolecular Hbond substituents is 3. The summed E-state index contributed by atoms with van der Waals surface area (Å²) >= 11 is 0. The third-order valence-electron chi connectivity index (χ3n) is 3.37. The molecule has 0 aliphatic carbocycles. The molecule has 0 saturated heterocycles. The van der Waals surface area contributed by atoms with Gasteiger partial charge in [0.05, 0.1) is 0 Å². The minimum absolute atomic E-state index is 0.0602. The van der Waals surface area contributed by atoms with Crippen molar-refractivity contribution in [2.75, 3.05) is 0 Å². The van der Waals surface area contributed by atoms with Gasteiger partial charge in [-0.1, -0.05) is 27.2 Å². The number of hydrogen-bond donors (Lipinski definition) is 3. The van der Waals surface area contributed by atoms with Crippen molar-refractivity contribution in [2.45, 2.75) is 52.9 Å². The number of carbonyl (C=O) groups is 1. The lowest BCUT2D eigenvalue weighted by atomic mass is 9.95. The number of unbranched alkanes of at least 4 members (excludes halogenated alkanes) is 1. The highest BCUT2D eigenvalue weighted by Gasteiger charge is 2.22. The summed E-state index contributed by atoms with van der Waals surface area (Å²) in [6.07, 6.45) is 3.12. The molecule has 0 fully saturated rings. The van der Waals surface area contributed by atoms with E-state index < -0.39 is 0 Å². The molecule has 0 radical (unpaired) electrons. The second-order valence-electron chi connectivity index (χ2n) is 5.58. The quantitative estimate of drug-likeness (QED) is 0.664. The van der Waals surface area contributed by atoms with Crippen LogP contribution in [0.4, 0.5) is 0 Å². The second kappa shape index (κ2) is 7.17. The fraction of sp³-hybridized carbons (Fsp3) is 0.562. The molecule has 0 aliphatic rings. The molecule has 4 heteroatoms. The number of rotatable bonds is 7. The molecule has 1 aromatic rings. The van der Waals surface area contributed by atoms with Crippen LogP contribution in [-0.2, 0) is 6.42 Å². The Bertz CT molecular complexity index is 478. The average molecular weight is 280 g/mol. The summed E-state index contributed by atoms with van der Waals surface area (Å²) in [5.74, 6) is -0.652. The van der Waals surface area contributed by atoms with Gasteiger partial charge >= 0.3 is 0 Å². The van der Waals surface area contributed by atoms with E-state index >= 15 is 0 Å². The van der Waals surface area contributed by atoms with Crippen LogP contribution in [0.25, 0.3) is 0 Å². The van der Waals surface area contributed by atoms with Crippen LogP contribution < -0.4 is 0 Å². The van der Waals surface area contributed by atoms with Gasteiger partial charge in [-0.3, -0.25) is 4.79 Å². The highest BCUT2D eigenvalue weighted by atomic mass is 16.3. The van der Waals surface area contributed by atoms with Crippen molar-refractivity contribution >= 4 is 5.78 Å². The maximum atomic E-state index is 12.0. The lowest BCUT2D eigenvalue weighted by molar-refractivity contribution is 0.0974. The SMILES string of the molecule is CCCCC(=O)c1c(O)cc(O)c(CCC(C)C)c1O. The normalized spacial score (nSPS) is 11.0. The van der Waals surface area contributed by atoms with Gasteiger partial charge in [0.15, 0.2) is 5.78 Å².